The first-order chi connectivity index (χ1) is 14.9. The average molecular weight is 435 g/mol. The fourth-order valence-corrected chi connectivity index (χ4v) is 4.94. The van der Waals surface area contributed by atoms with Gasteiger partial charge >= 0.3 is 0 Å². The Labute approximate surface area is 185 Å². The fourth-order valence-electron chi connectivity index (χ4n) is 4.17. The Morgan fingerprint density at radius 2 is 1.74 bits per heavy atom. The van der Waals surface area contributed by atoms with Crippen molar-refractivity contribution in [1.82, 2.24) is 10.2 Å². The van der Waals surface area contributed by atoms with E-state index in [-0.39, 0.29) is 23.1 Å². The third-order valence-corrected chi connectivity index (χ3v) is 7.06. The summed E-state index contributed by atoms with van der Waals surface area (Å²) in [5, 5.41) is 12.5. The van der Waals surface area contributed by atoms with E-state index in [0.717, 1.165) is 36.3 Å². The van der Waals surface area contributed by atoms with E-state index in [2.05, 4.69) is 22.4 Å². The van der Waals surface area contributed by atoms with Crippen molar-refractivity contribution >= 4 is 28.3 Å². The first kappa shape index (κ1) is 21.2. The Morgan fingerprint density at radius 3 is 2.39 bits per heavy atom. The van der Waals surface area contributed by atoms with Crippen LogP contribution in [0, 0.1) is 5.92 Å². The molecule has 1 aromatic heterocycles. The third kappa shape index (κ3) is 4.99. The number of carbonyl (C=O) groups excluding carboxylic acids is 2. The van der Waals surface area contributed by atoms with Gasteiger partial charge in [-0.3, -0.25) is 14.9 Å². The molecular weight excluding hydrogens is 408 g/mol. The zero-order valence-electron chi connectivity index (χ0n) is 17.5. The SMILES string of the molecule is CC1(c2ccc(C(=O)Nc3nnc(Cc4ccccc4)s3)cc2)CCC(C(N)=O)CC1. The topological polar surface area (TPSA) is 98.0 Å². The number of nitrogens with zero attached hydrogens (tertiary/aromatic N) is 2. The summed E-state index contributed by atoms with van der Waals surface area (Å²) in [6.07, 6.45) is 4.16. The number of rotatable bonds is 6. The number of hydrogen-bond donors (Lipinski definition) is 2. The lowest BCUT2D eigenvalue weighted by Crippen LogP contribution is -2.34. The molecule has 3 aromatic rings. The van der Waals surface area contributed by atoms with E-state index >= 15 is 0 Å². The van der Waals surface area contributed by atoms with Crippen molar-refractivity contribution in [3.63, 3.8) is 0 Å². The number of carbonyl (C=O) groups is 2. The van der Waals surface area contributed by atoms with Gasteiger partial charge in [-0.2, -0.15) is 0 Å². The fraction of sp³-hybridized carbons (Fsp3) is 0.333. The summed E-state index contributed by atoms with van der Waals surface area (Å²) in [4.78, 5) is 24.1. The molecular formula is C24H26N4O2S. The van der Waals surface area contributed by atoms with E-state index < -0.39 is 0 Å². The number of nitrogens with one attached hydrogen (secondary N) is 1. The molecule has 0 bridgehead atoms. The predicted octanol–water partition coefficient (Wildman–Crippen LogP) is 4.31. The highest BCUT2D eigenvalue weighted by molar-refractivity contribution is 7.15. The summed E-state index contributed by atoms with van der Waals surface area (Å²) in [6, 6.07) is 17.8. The van der Waals surface area contributed by atoms with Crippen molar-refractivity contribution in [3.8, 4) is 0 Å². The molecule has 0 radical (unpaired) electrons. The normalized spacial score (nSPS) is 20.9. The molecule has 4 rings (SSSR count). The molecule has 1 fully saturated rings. The van der Waals surface area contributed by atoms with Gasteiger partial charge in [0.05, 0.1) is 0 Å². The molecule has 3 N–H and O–H groups in total. The van der Waals surface area contributed by atoms with Crippen molar-refractivity contribution in [2.75, 3.05) is 5.32 Å². The van der Waals surface area contributed by atoms with Gasteiger partial charge in [-0.05, 0) is 54.4 Å². The van der Waals surface area contributed by atoms with Gasteiger partial charge in [0, 0.05) is 17.9 Å². The Bertz CT molecular complexity index is 1050. The van der Waals surface area contributed by atoms with E-state index in [4.69, 9.17) is 5.73 Å². The van der Waals surface area contributed by atoms with Gasteiger partial charge in [-0.1, -0.05) is 60.7 Å². The quantitative estimate of drug-likeness (QED) is 0.604. The number of aromatic nitrogens is 2. The zero-order valence-corrected chi connectivity index (χ0v) is 18.3. The Hall–Kier alpha value is -3.06. The molecule has 1 saturated carbocycles. The third-order valence-electron chi connectivity index (χ3n) is 6.22. The number of anilines is 1. The van der Waals surface area contributed by atoms with Gasteiger partial charge in [0.2, 0.25) is 11.0 Å². The molecule has 0 atom stereocenters. The molecule has 6 nitrogen and oxygen atoms in total. The van der Waals surface area contributed by atoms with Gasteiger partial charge in [0.25, 0.3) is 5.91 Å². The smallest absolute Gasteiger partial charge is 0.257 e. The maximum Gasteiger partial charge on any atom is 0.257 e. The minimum absolute atomic E-state index is 0.00647. The van der Waals surface area contributed by atoms with E-state index in [1.54, 1.807) is 0 Å². The van der Waals surface area contributed by atoms with E-state index in [1.807, 2.05) is 54.6 Å². The van der Waals surface area contributed by atoms with Gasteiger partial charge < -0.3 is 5.73 Å². The van der Waals surface area contributed by atoms with Gasteiger partial charge in [0.15, 0.2) is 0 Å². The summed E-state index contributed by atoms with van der Waals surface area (Å²) in [6.45, 7) is 2.22. The van der Waals surface area contributed by atoms with Crippen LogP contribution in [-0.4, -0.2) is 22.0 Å². The zero-order chi connectivity index (χ0) is 21.8. The molecule has 0 unspecified atom stereocenters. The number of hydrogen-bond acceptors (Lipinski definition) is 5. The standard InChI is InChI=1S/C24H26N4O2S/c1-24(13-11-17(12-14-24)21(25)29)19-9-7-18(8-10-19)22(30)26-23-28-27-20(31-23)15-16-5-3-2-4-6-16/h2-10,17H,11-15H2,1H3,(H2,25,29)(H,26,28,30). The number of nitrogens with two attached hydrogens (primary N) is 1. The summed E-state index contributed by atoms with van der Waals surface area (Å²) in [5.41, 5.74) is 8.39. The minimum atomic E-state index is -0.198. The largest absolute Gasteiger partial charge is 0.369 e. The van der Waals surface area contributed by atoms with Crippen LogP contribution in [0.25, 0.3) is 0 Å². The molecule has 0 saturated heterocycles. The van der Waals surface area contributed by atoms with Gasteiger partial charge in [-0.15, -0.1) is 10.2 Å². The first-order valence-corrected chi connectivity index (χ1v) is 11.3. The molecule has 160 valence electrons. The highest BCUT2D eigenvalue weighted by Gasteiger charge is 2.34. The van der Waals surface area contributed by atoms with Crippen LogP contribution in [0.1, 0.15) is 59.1 Å². The van der Waals surface area contributed by atoms with E-state index in [9.17, 15) is 9.59 Å². The van der Waals surface area contributed by atoms with E-state index in [1.165, 1.54) is 16.9 Å². The Balaban J connectivity index is 1.37. The van der Waals surface area contributed by atoms with Crippen molar-refractivity contribution in [2.24, 2.45) is 11.7 Å². The van der Waals surface area contributed by atoms with Crippen LogP contribution in [0.2, 0.25) is 0 Å². The Kier molecular flexibility index (Phi) is 6.13. The summed E-state index contributed by atoms with van der Waals surface area (Å²) < 4.78 is 0. The highest BCUT2D eigenvalue weighted by atomic mass is 32.1. The second-order valence-corrected chi connectivity index (χ2v) is 9.49. The predicted molar refractivity (Wildman–Crippen MR) is 122 cm³/mol. The number of primary amides is 1. The molecule has 0 aliphatic heterocycles. The van der Waals surface area contributed by atoms with Crippen LogP contribution in [0.3, 0.4) is 0 Å². The minimum Gasteiger partial charge on any atom is -0.369 e. The van der Waals surface area contributed by atoms with Crippen LogP contribution in [-0.2, 0) is 16.6 Å². The first-order valence-electron chi connectivity index (χ1n) is 10.5. The van der Waals surface area contributed by atoms with Crippen LogP contribution in [0.5, 0.6) is 0 Å². The van der Waals surface area contributed by atoms with Crippen LogP contribution >= 0.6 is 11.3 Å². The summed E-state index contributed by atoms with van der Waals surface area (Å²) in [5.74, 6) is -0.411. The van der Waals surface area contributed by atoms with E-state index in [0.29, 0.717) is 17.1 Å². The van der Waals surface area contributed by atoms with Crippen molar-refractivity contribution < 1.29 is 9.59 Å². The summed E-state index contributed by atoms with van der Waals surface area (Å²) in [7, 11) is 0. The monoisotopic (exact) mass is 434 g/mol. The van der Waals surface area contributed by atoms with Crippen molar-refractivity contribution in [3.05, 3.63) is 76.3 Å². The van der Waals surface area contributed by atoms with Crippen LogP contribution in [0.15, 0.2) is 54.6 Å². The second kappa shape index (κ2) is 8.98. The lowest BCUT2D eigenvalue weighted by Gasteiger charge is -2.37. The lowest BCUT2D eigenvalue weighted by atomic mass is 9.68. The average Bonchev–Trinajstić information content (AvgIpc) is 3.21. The maximum absolute atomic E-state index is 12.6. The van der Waals surface area contributed by atoms with Crippen LogP contribution < -0.4 is 11.1 Å². The lowest BCUT2D eigenvalue weighted by molar-refractivity contribution is -0.123. The molecule has 1 aliphatic rings. The van der Waals surface area contributed by atoms with Crippen molar-refractivity contribution in [2.45, 2.75) is 44.4 Å². The molecule has 1 heterocycles. The van der Waals surface area contributed by atoms with Gasteiger partial charge in [0.1, 0.15) is 5.01 Å². The maximum atomic E-state index is 12.6. The number of benzene rings is 2. The highest BCUT2D eigenvalue weighted by Crippen LogP contribution is 2.41. The molecule has 2 aromatic carbocycles. The molecule has 2 amide bonds. The van der Waals surface area contributed by atoms with Crippen LogP contribution in [0.4, 0.5) is 5.13 Å². The molecule has 7 heteroatoms. The van der Waals surface area contributed by atoms with Crippen molar-refractivity contribution in [1.29, 1.82) is 0 Å². The molecule has 31 heavy (non-hydrogen) atoms. The molecule has 1 aliphatic carbocycles. The van der Waals surface area contributed by atoms with Gasteiger partial charge in [-0.25, -0.2) is 0 Å². The second-order valence-electron chi connectivity index (χ2n) is 8.43. The summed E-state index contributed by atoms with van der Waals surface area (Å²) >= 11 is 1.39. The Morgan fingerprint density at radius 1 is 1.06 bits per heavy atom. The number of amides is 2. The molecule has 0 spiro atoms.